The van der Waals surface area contributed by atoms with Crippen LogP contribution in [0.15, 0.2) is 24.4 Å². The summed E-state index contributed by atoms with van der Waals surface area (Å²) in [6.45, 7) is 4.86. The summed E-state index contributed by atoms with van der Waals surface area (Å²) in [5, 5.41) is 5.69. The molecule has 0 radical (unpaired) electrons. The number of hydrogen-bond acceptors (Lipinski definition) is 3. The first kappa shape index (κ1) is 13.8. The molecular formula is C13H14Cl2N2S. The molecule has 1 aromatic heterocycles. The molecule has 1 aromatic carbocycles. The molecule has 0 amide bonds. The Balaban J connectivity index is 2.03. The van der Waals surface area contributed by atoms with Gasteiger partial charge in [-0.2, -0.15) is 0 Å². The number of hydrogen-bond donors (Lipinski definition) is 1. The molecule has 2 aromatic rings. The normalized spacial score (nSPS) is 12.7. The largest absolute Gasteiger partial charge is 0.304 e. The van der Waals surface area contributed by atoms with Crippen molar-refractivity contribution in [1.82, 2.24) is 10.3 Å². The van der Waals surface area contributed by atoms with Crippen LogP contribution in [0.1, 0.15) is 28.4 Å². The van der Waals surface area contributed by atoms with Crippen LogP contribution in [0.25, 0.3) is 0 Å². The van der Waals surface area contributed by atoms with Crippen molar-refractivity contribution < 1.29 is 0 Å². The summed E-state index contributed by atoms with van der Waals surface area (Å²) < 4.78 is 0. The average molecular weight is 301 g/mol. The van der Waals surface area contributed by atoms with Gasteiger partial charge in [0.15, 0.2) is 0 Å². The Morgan fingerprint density at radius 2 is 2.17 bits per heavy atom. The maximum absolute atomic E-state index is 6.19. The van der Waals surface area contributed by atoms with Gasteiger partial charge in [-0.15, -0.1) is 11.3 Å². The van der Waals surface area contributed by atoms with Crippen molar-refractivity contribution in [2.24, 2.45) is 0 Å². The second-order valence-corrected chi connectivity index (χ2v) is 6.21. The number of aryl methyl sites for hydroxylation is 1. The van der Waals surface area contributed by atoms with Crippen LogP contribution >= 0.6 is 34.5 Å². The fourth-order valence-corrected chi connectivity index (χ4v) is 2.90. The van der Waals surface area contributed by atoms with Gasteiger partial charge in [-0.1, -0.05) is 35.3 Å². The molecule has 0 saturated heterocycles. The van der Waals surface area contributed by atoms with E-state index in [1.54, 1.807) is 17.4 Å². The Morgan fingerprint density at radius 3 is 2.83 bits per heavy atom. The van der Waals surface area contributed by atoms with Crippen molar-refractivity contribution in [3.8, 4) is 0 Å². The van der Waals surface area contributed by atoms with Crippen molar-refractivity contribution >= 4 is 34.5 Å². The van der Waals surface area contributed by atoms with E-state index in [0.717, 1.165) is 17.1 Å². The van der Waals surface area contributed by atoms with Gasteiger partial charge in [0, 0.05) is 23.7 Å². The predicted octanol–water partition coefficient (Wildman–Crippen LogP) is 4.61. The summed E-state index contributed by atoms with van der Waals surface area (Å²) in [5.41, 5.74) is 1.01. The summed E-state index contributed by atoms with van der Waals surface area (Å²) >= 11 is 13.9. The molecule has 0 spiro atoms. The lowest BCUT2D eigenvalue weighted by atomic mass is 10.1. The second-order valence-electron chi connectivity index (χ2n) is 4.11. The number of thiazole rings is 1. The van der Waals surface area contributed by atoms with Gasteiger partial charge in [0.2, 0.25) is 0 Å². The number of nitrogens with zero attached hydrogens (tertiary/aromatic N) is 1. The SMILES string of the molecule is Cc1cnc(CNC(C)c2cccc(Cl)c2Cl)s1. The van der Waals surface area contributed by atoms with E-state index in [1.165, 1.54) is 4.88 Å². The summed E-state index contributed by atoms with van der Waals surface area (Å²) in [6.07, 6.45) is 1.89. The third-order valence-electron chi connectivity index (χ3n) is 2.68. The topological polar surface area (TPSA) is 24.9 Å². The summed E-state index contributed by atoms with van der Waals surface area (Å²) in [5.74, 6) is 0. The zero-order valence-corrected chi connectivity index (χ0v) is 12.5. The lowest BCUT2D eigenvalue weighted by Crippen LogP contribution is -2.18. The standard InChI is InChI=1S/C13H14Cl2N2S/c1-8-6-17-12(18-8)7-16-9(2)10-4-3-5-11(14)13(10)15/h3-6,9,16H,7H2,1-2H3. The first-order valence-electron chi connectivity index (χ1n) is 5.66. The van der Waals surface area contributed by atoms with E-state index < -0.39 is 0 Å². The second kappa shape index (κ2) is 6.02. The van der Waals surface area contributed by atoms with Gasteiger partial charge < -0.3 is 5.32 Å². The molecule has 0 bridgehead atoms. The van der Waals surface area contributed by atoms with E-state index in [4.69, 9.17) is 23.2 Å². The maximum Gasteiger partial charge on any atom is 0.107 e. The van der Waals surface area contributed by atoms with E-state index in [-0.39, 0.29) is 6.04 Å². The van der Waals surface area contributed by atoms with E-state index >= 15 is 0 Å². The Morgan fingerprint density at radius 1 is 1.39 bits per heavy atom. The number of aromatic nitrogens is 1. The lowest BCUT2D eigenvalue weighted by molar-refractivity contribution is 0.573. The number of nitrogens with one attached hydrogen (secondary N) is 1. The highest BCUT2D eigenvalue weighted by Gasteiger charge is 2.11. The first-order valence-corrected chi connectivity index (χ1v) is 7.23. The zero-order chi connectivity index (χ0) is 13.1. The quantitative estimate of drug-likeness (QED) is 0.892. The third kappa shape index (κ3) is 3.23. The highest BCUT2D eigenvalue weighted by molar-refractivity contribution is 7.11. The molecule has 5 heteroatoms. The van der Waals surface area contributed by atoms with E-state index in [9.17, 15) is 0 Å². The Kier molecular flexibility index (Phi) is 4.62. The van der Waals surface area contributed by atoms with Crippen LogP contribution in [0.5, 0.6) is 0 Å². The van der Waals surface area contributed by atoms with Crippen molar-refractivity contribution in [2.45, 2.75) is 26.4 Å². The number of rotatable bonds is 4. The first-order chi connectivity index (χ1) is 8.58. The van der Waals surface area contributed by atoms with E-state index in [2.05, 4.69) is 24.1 Å². The third-order valence-corrected chi connectivity index (χ3v) is 4.42. The smallest absolute Gasteiger partial charge is 0.107 e. The molecule has 0 aliphatic carbocycles. The van der Waals surface area contributed by atoms with E-state index in [1.807, 2.05) is 18.3 Å². The molecular weight excluding hydrogens is 287 g/mol. The molecule has 2 rings (SSSR count). The number of benzene rings is 1. The minimum absolute atomic E-state index is 0.139. The van der Waals surface area contributed by atoms with Crippen molar-refractivity contribution in [2.75, 3.05) is 0 Å². The molecule has 0 aliphatic rings. The molecule has 0 saturated carbocycles. The molecule has 1 heterocycles. The van der Waals surface area contributed by atoms with Gasteiger partial charge in [0.1, 0.15) is 5.01 Å². The summed E-state index contributed by atoms with van der Waals surface area (Å²) in [7, 11) is 0. The van der Waals surface area contributed by atoms with Crippen LogP contribution in [0.3, 0.4) is 0 Å². The lowest BCUT2D eigenvalue weighted by Gasteiger charge is -2.15. The van der Waals surface area contributed by atoms with Crippen LogP contribution in [-0.2, 0) is 6.54 Å². The maximum atomic E-state index is 6.19. The average Bonchev–Trinajstić information content (AvgIpc) is 2.76. The molecule has 0 fully saturated rings. The minimum atomic E-state index is 0.139. The van der Waals surface area contributed by atoms with Crippen molar-refractivity contribution in [3.63, 3.8) is 0 Å². The molecule has 18 heavy (non-hydrogen) atoms. The molecule has 0 aliphatic heterocycles. The van der Waals surface area contributed by atoms with Gasteiger partial charge in [-0.3, -0.25) is 0 Å². The van der Waals surface area contributed by atoms with Crippen molar-refractivity contribution in [1.29, 1.82) is 0 Å². The van der Waals surface area contributed by atoms with Gasteiger partial charge in [0.25, 0.3) is 0 Å². The van der Waals surface area contributed by atoms with Crippen molar-refractivity contribution in [3.05, 3.63) is 49.9 Å². The summed E-state index contributed by atoms with van der Waals surface area (Å²) in [4.78, 5) is 5.54. The van der Waals surface area contributed by atoms with Crippen LogP contribution in [-0.4, -0.2) is 4.98 Å². The predicted molar refractivity (Wildman–Crippen MR) is 78.6 cm³/mol. The molecule has 1 atom stereocenters. The Labute approximate surface area is 121 Å². The van der Waals surface area contributed by atoms with Gasteiger partial charge in [-0.05, 0) is 25.5 Å². The Hall–Kier alpha value is -0.610. The molecule has 1 unspecified atom stereocenters. The Bertz CT molecular complexity index is 540. The van der Waals surface area contributed by atoms with Gasteiger partial charge >= 0.3 is 0 Å². The number of halogens is 2. The highest BCUT2D eigenvalue weighted by Crippen LogP contribution is 2.29. The van der Waals surface area contributed by atoms with Crippen LogP contribution in [0.4, 0.5) is 0 Å². The van der Waals surface area contributed by atoms with Gasteiger partial charge in [0.05, 0.1) is 10.0 Å². The molecule has 2 nitrogen and oxygen atoms in total. The fraction of sp³-hybridized carbons (Fsp3) is 0.308. The minimum Gasteiger partial charge on any atom is -0.304 e. The fourth-order valence-electron chi connectivity index (χ4n) is 1.69. The van der Waals surface area contributed by atoms with Crippen LogP contribution in [0.2, 0.25) is 10.0 Å². The zero-order valence-electron chi connectivity index (χ0n) is 10.2. The van der Waals surface area contributed by atoms with Gasteiger partial charge in [-0.25, -0.2) is 4.98 Å². The molecule has 96 valence electrons. The monoisotopic (exact) mass is 300 g/mol. The van der Waals surface area contributed by atoms with Crippen LogP contribution < -0.4 is 5.32 Å². The van der Waals surface area contributed by atoms with Crippen LogP contribution in [0, 0.1) is 6.92 Å². The highest BCUT2D eigenvalue weighted by atomic mass is 35.5. The summed E-state index contributed by atoms with van der Waals surface area (Å²) in [6, 6.07) is 5.83. The molecule has 1 N–H and O–H groups in total. The van der Waals surface area contributed by atoms with E-state index in [0.29, 0.717) is 10.0 Å².